The van der Waals surface area contributed by atoms with Crippen molar-refractivity contribution >= 4 is 18.0 Å². The number of aliphatic carboxylic acids is 1. The number of nitrogens with one attached hydrogen (secondary N) is 2. The maximum absolute atomic E-state index is 12.7. The summed E-state index contributed by atoms with van der Waals surface area (Å²) in [5.74, 6) is -2.16. The molecule has 0 bridgehead atoms. The fourth-order valence-corrected chi connectivity index (χ4v) is 4.07. The van der Waals surface area contributed by atoms with Crippen molar-refractivity contribution in [1.29, 1.82) is 0 Å². The third-order valence-corrected chi connectivity index (χ3v) is 6.06. The minimum absolute atomic E-state index is 0.103. The summed E-state index contributed by atoms with van der Waals surface area (Å²) in [6.07, 6.45) is -0.198. The second-order valence-corrected chi connectivity index (χ2v) is 8.19. The third kappa shape index (κ3) is 5.51. The zero-order valence-electron chi connectivity index (χ0n) is 19.0. The molecule has 8 nitrogen and oxygen atoms in total. The standard InChI is InChI=1S/C25H30N2O6/c1-4-15(2)22(24(29)30)27-23(28)21(14-32-3)26-25(31)33-13-20-18-11-7-5-9-16(18)17-10-6-8-12-19(17)20/h5-12,15,20-22H,4,13-14H2,1-3H3,(H,26,31)(H,27,28)(H,29,30)/t15-,21?,22-/m0/s1. The van der Waals surface area contributed by atoms with Crippen LogP contribution in [0.25, 0.3) is 11.1 Å². The van der Waals surface area contributed by atoms with E-state index in [9.17, 15) is 19.5 Å². The Hall–Kier alpha value is -3.39. The normalized spacial score (nSPS) is 15.0. The largest absolute Gasteiger partial charge is 0.480 e. The van der Waals surface area contributed by atoms with Crippen molar-refractivity contribution < 1.29 is 29.0 Å². The van der Waals surface area contributed by atoms with Crippen molar-refractivity contribution in [1.82, 2.24) is 10.6 Å². The predicted molar refractivity (Wildman–Crippen MR) is 123 cm³/mol. The zero-order chi connectivity index (χ0) is 24.0. The van der Waals surface area contributed by atoms with E-state index >= 15 is 0 Å². The van der Waals surface area contributed by atoms with Gasteiger partial charge in [-0.05, 0) is 28.2 Å². The molecule has 0 radical (unpaired) electrons. The Kier molecular flexibility index (Phi) is 8.06. The van der Waals surface area contributed by atoms with E-state index in [2.05, 4.69) is 10.6 Å². The van der Waals surface area contributed by atoms with Gasteiger partial charge in [-0.25, -0.2) is 9.59 Å². The molecule has 1 aliphatic rings. The lowest BCUT2D eigenvalue weighted by molar-refractivity contribution is -0.143. The average Bonchev–Trinajstić information content (AvgIpc) is 3.13. The number of carboxylic acid groups (broad SMARTS) is 1. The summed E-state index contributed by atoms with van der Waals surface area (Å²) in [4.78, 5) is 36.7. The first-order chi connectivity index (χ1) is 15.9. The first-order valence-electron chi connectivity index (χ1n) is 11.0. The number of carbonyl (C=O) groups is 3. The van der Waals surface area contributed by atoms with E-state index in [-0.39, 0.29) is 25.0 Å². The quantitative estimate of drug-likeness (QED) is 0.508. The molecule has 2 amide bonds. The van der Waals surface area contributed by atoms with Crippen LogP contribution in [0.3, 0.4) is 0 Å². The first kappa shape index (κ1) is 24.3. The number of hydrogen-bond donors (Lipinski definition) is 3. The van der Waals surface area contributed by atoms with Crippen molar-refractivity contribution in [2.45, 2.75) is 38.3 Å². The molecule has 2 aromatic rings. The Balaban J connectivity index is 1.65. The summed E-state index contributed by atoms with van der Waals surface area (Å²) in [5.41, 5.74) is 4.39. The third-order valence-electron chi connectivity index (χ3n) is 6.06. The lowest BCUT2D eigenvalue weighted by atomic mass is 9.98. The number of alkyl carbamates (subject to hydrolysis) is 1. The number of carbonyl (C=O) groups excluding carboxylic acids is 2. The highest BCUT2D eigenvalue weighted by Gasteiger charge is 2.31. The molecule has 33 heavy (non-hydrogen) atoms. The van der Waals surface area contributed by atoms with Crippen LogP contribution in [0.4, 0.5) is 4.79 Å². The molecule has 0 saturated carbocycles. The number of rotatable bonds is 10. The second-order valence-electron chi connectivity index (χ2n) is 8.19. The maximum Gasteiger partial charge on any atom is 0.407 e. The smallest absolute Gasteiger partial charge is 0.407 e. The van der Waals surface area contributed by atoms with Crippen molar-refractivity contribution in [2.75, 3.05) is 20.3 Å². The molecule has 0 saturated heterocycles. The molecule has 3 atom stereocenters. The van der Waals surface area contributed by atoms with Gasteiger partial charge in [-0.3, -0.25) is 4.79 Å². The second kappa shape index (κ2) is 11.0. The number of fused-ring (bicyclic) bond motifs is 3. The van der Waals surface area contributed by atoms with Crippen LogP contribution in [0.2, 0.25) is 0 Å². The number of ether oxygens (including phenoxy) is 2. The summed E-state index contributed by atoms with van der Waals surface area (Å²) in [5, 5.41) is 14.4. The monoisotopic (exact) mass is 454 g/mol. The van der Waals surface area contributed by atoms with Crippen molar-refractivity contribution in [3.63, 3.8) is 0 Å². The van der Waals surface area contributed by atoms with Crippen LogP contribution in [0.15, 0.2) is 48.5 Å². The molecule has 3 N–H and O–H groups in total. The summed E-state index contributed by atoms with van der Waals surface area (Å²) < 4.78 is 10.5. The average molecular weight is 455 g/mol. The summed E-state index contributed by atoms with van der Waals surface area (Å²) in [6.45, 7) is 3.56. The van der Waals surface area contributed by atoms with E-state index < -0.39 is 30.1 Å². The van der Waals surface area contributed by atoms with Crippen molar-refractivity contribution in [3.8, 4) is 11.1 Å². The highest BCUT2D eigenvalue weighted by molar-refractivity contribution is 5.89. The van der Waals surface area contributed by atoms with E-state index in [1.54, 1.807) is 6.92 Å². The first-order valence-corrected chi connectivity index (χ1v) is 11.0. The fraction of sp³-hybridized carbons (Fsp3) is 0.400. The maximum atomic E-state index is 12.7. The molecular weight excluding hydrogens is 424 g/mol. The van der Waals surface area contributed by atoms with Crippen LogP contribution < -0.4 is 10.6 Å². The van der Waals surface area contributed by atoms with Crippen LogP contribution >= 0.6 is 0 Å². The van der Waals surface area contributed by atoms with Gasteiger partial charge >= 0.3 is 12.1 Å². The number of methoxy groups -OCH3 is 1. The van der Waals surface area contributed by atoms with Gasteiger partial charge in [-0.2, -0.15) is 0 Å². The minimum Gasteiger partial charge on any atom is -0.480 e. The Bertz CT molecular complexity index is 962. The molecule has 3 rings (SSSR count). The molecule has 1 unspecified atom stereocenters. The van der Waals surface area contributed by atoms with Crippen LogP contribution in [0.1, 0.15) is 37.3 Å². The SMILES string of the molecule is CC[C@H](C)[C@H](NC(=O)C(COC)NC(=O)OCC1c2ccccc2-c2ccccc21)C(=O)O. The molecule has 0 heterocycles. The molecule has 0 aliphatic heterocycles. The Morgan fingerprint density at radius 3 is 2.09 bits per heavy atom. The molecule has 0 spiro atoms. The van der Waals surface area contributed by atoms with Gasteiger partial charge in [-0.15, -0.1) is 0 Å². The minimum atomic E-state index is -1.13. The molecule has 1 aliphatic carbocycles. The highest BCUT2D eigenvalue weighted by atomic mass is 16.5. The van der Waals surface area contributed by atoms with Gasteiger partial charge in [-0.1, -0.05) is 68.8 Å². The van der Waals surface area contributed by atoms with E-state index in [4.69, 9.17) is 9.47 Å². The predicted octanol–water partition coefficient (Wildman–Crippen LogP) is 3.16. The number of benzene rings is 2. The van der Waals surface area contributed by atoms with Gasteiger partial charge in [0.2, 0.25) is 5.91 Å². The molecule has 2 aromatic carbocycles. The molecule has 0 fully saturated rings. The Labute approximate surface area is 193 Å². The van der Waals surface area contributed by atoms with Crippen LogP contribution in [0, 0.1) is 5.92 Å². The fourth-order valence-electron chi connectivity index (χ4n) is 4.07. The lowest BCUT2D eigenvalue weighted by Gasteiger charge is -2.24. The Morgan fingerprint density at radius 1 is 1.00 bits per heavy atom. The summed E-state index contributed by atoms with van der Waals surface area (Å²) >= 11 is 0. The number of hydrogen-bond acceptors (Lipinski definition) is 5. The molecular formula is C25H30N2O6. The van der Waals surface area contributed by atoms with E-state index in [0.29, 0.717) is 6.42 Å². The van der Waals surface area contributed by atoms with Gasteiger partial charge in [0.25, 0.3) is 0 Å². The van der Waals surface area contributed by atoms with E-state index in [1.807, 2.05) is 55.5 Å². The van der Waals surface area contributed by atoms with Gasteiger partial charge < -0.3 is 25.2 Å². The summed E-state index contributed by atoms with van der Waals surface area (Å²) in [6, 6.07) is 13.8. The van der Waals surface area contributed by atoms with Crippen LogP contribution in [0.5, 0.6) is 0 Å². The van der Waals surface area contributed by atoms with Crippen molar-refractivity contribution in [2.24, 2.45) is 5.92 Å². The van der Waals surface area contributed by atoms with Crippen LogP contribution in [-0.2, 0) is 19.1 Å². The zero-order valence-corrected chi connectivity index (χ0v) is 19.0. The van der Waals surface area contributed by atoms with E-state index in [1.165, 1.54) is 7.11 Å². The van der Waals surface area contributed by atoms with Crippen molar-refractivity contribution in [3.05, 3.63) is 59.7 Å². The molecule has 8 heteroatoms. The van der Waals surface area contributed by atoms with Crippen LogP contribution in [-0.4, -0.2) is 55.5 Å². The van der Waals surface area contributed by atoms with Gasteiger partial charge in [0.1, 0.15) is 18.7 Å². The van der Waals surface area contributed by atoms with Gasteiger partial charge in [0.05, 0.1) is 6.61 Å². The van der Waals surface area contributed by atoms with E-state index in [0.717, 1.165) is 22.3 Å². The molecule has 176 valence electrons. The lowest BCUT2D eigenvalue weighted by Crippen LogP contribution is -2.55. The topological polar surface area (TPSA) is 114 Å². The highest BCUT2D eigenvalue weighted by Crippen LogP contribution is 2.44. The van der Waals surface area contributed by atoms with Gasteiger partial charge in [0, 0.05) is 13.0 Å². The summed E-state index contributed by atoms with van der Waals surface area (Å²) in [7, 11) is 1.39. The Morgan fingerprint density at radius 2 is 1.58 bits per heavy atom. The number of amides is 2. The van der Waals surface area contributed by atoms with Gasteiger partial charge in [0.15, 0.2) is 0 Å². The molecule has 0 aromatic heterocycles. The number of carboxylic acids is 1.